The number of hydrogen-bond donors (Lipinski definition) is 0. The van der Waals surface area contributed by atoms with E-state index in [0.717, 1.165) is 0 Å². The normalized spacial score (nSPS) is 18.1. The SMILES string of the molecule is CCCCCCCCCCCCc1cc2c(s1)-c1cc3cc4c(cc3cc1C2(CCCC)CCCC)C1=C(C2C(S1)c1sc(CCCCCCCCCCCC)cc1N2C)C4(CCCC)CCCC. The molecule has 2 aromatic heterocycles. The first-order chi connectivity index (χ1) is 33.9. The van der Waals surface area contributed by atoms with E-state index >= 15 is 0 Å². The molecule has 8 rings (SSSR count). The summed E-state index contributed by atoms with van der Waals surface area (Å²) in [5.74, 6) is 0. The Kier molecular flexibility index (Phi) is 19.9. The van der Waals surface area contributed by atoms with Crippen LogP contribution in [0.3, 0.4) is 0 Å². The van der Waals surface area contributed by atoms with Crippen molar-refractivity contribution in [3.8, 4) is 10.4 Å². The van der Waals surface area contributed by atoms with Crippen LogP contribution >= 0.6 is 34.4 Å². The van der Waals surface area contributed by atoms with E-state index < -0.39 is 0 Å². The van der Waals surface area contributed by atoms with Crippen LogP contribution in [0.25, 0.3) is 26.1 Å². The fourth-order valence-electron chi connectivity index (χ4n) is 13.8. The van der Waals surface area contributed by atoms with E-state index in [-0.39, 0.29) is 10.8 Å². The van der Waals surface area contributed by atoms with Gasteiger partial charge in [-0.05, 0) is 132 Å². The number of benzene rings is 2. The molecule has 0 amide bonds. The van der Waals surface area contributed by atoms with Crippen LogP contribution in [0, 0.1) is 0 Å². The molecule has 4 aromatic rings. The van der Waals surface area contributed by atoms with Gasteiger partial charge < -0.3 is 4.90 Å². The number of likely N-dealkylation sites (N-methyl/N-ethyl adjacent to an activating group) is 1. The first kappa shape index (κ1) is 53.3. The van der Waals surface area contributed by atoms with Gasteiger partial charge in [0.2, 0.25) is 0 Å². The lowest BCUT2D eigenvalue weighted by Gasteiger charge is -2.39. The lowest BCUT2D eigenvalue weighted by molar-refractivity contribution is 0.386. The summed E-state index contributed by atoms with van der Waals surface area (Å²) in [7, 11) is 2.47. The maximum absolute atomic E-state index is 2.78. The second-order valence-corrected chi connectivity index (χ2v) is 26.3. The van der Waals surface area contributed by atoms with Crippen LogP contribution in [-0.4, -0.2) is 13.1 Å². The highest BCUT2D eigenvalue weighted by Crippen LogP contribution is 2.70. The number of thiophene rings is 2. The average Bonchev–Trinajstić information content (AvgIpc) is 4.20. The molecule has 380 valence electrons. The molecule has 2 aliphatic heterocycles. The Morgan fingerprint density at radius 2 is 0.870 bits per heavy atom. The van der Waals surface area contributed by atoms with E-state index in [4.69, 9.17) is 0 Å². The quantitative estimate of drug-likeness (QED) is 0.0429. The fraction of sp³-hybridized carbons (Fsp3) is 0.692. The van der Waals surface area contributed by atoms with Crippen molar-refractivity contribution in [3.05, 3.63) is 78.9 Å². The highest BCUT2D eigenvalue weighted by atomic mass is 32.2. The molecular weight excluding hydrogens is 891 g/mol. The molecule has 4 heteroatoms. The molecule has 0 saturated carbocycles. The molecule has 0 fully saturated rings. The Morgan fingerprint density at radius 1 is 0.435 bits per heavy atom. The average molecular weight is 989 g/mol. The fourth-order valence-corrected chi connectivity index (χ4v) is 18.3. The van der Waals surface area contributed by atoms with Crippen LogP contribution in [0.1, 0.15) is 289 Å². The smallest absolute Gasteiger partial charge is 0.0702 e. The Labute approximate surface area is 436 Å². The van der Waals surface area contributed by atoms with E-state index in [2.05, 4.69) is 124 Å². The minimum Gasteiger partial charge on any atom is -0.365 e. The third kappa shape index (κ3) is 11.4. The summed E-state index contributed by atoms with van der Waals surface area (Å²) in [5.41, 5.74) is 11.9. The molecule has 1 nitrogen and oxygen atoms in total. The number of rotatable bonds is 34. The first-order valence-corrected chi connectivity index (χ1v) is 32.4. The lowest BCUT2D eigenvalue weighted by atomic mass is 9.67. The number of fused-ring (bicyclic) bond motifs is 10. The molecule has 2 unspecified atom stereocenters. The third-order valence-corrected chi connectivity index (χ3v) is 21.8. The number of nitrogens with zero attached hydrogens (tertiary/aromatic N) is 1. The van der Waals surface area contributed by atoms with Gasteiger partial charge in [-0.3, -0.25) is 0 Å². The molecule has 2 aliphatic carbocycles. The van der Waals surface area contributed by atoms with Crippen molar-refractivity contribution in [2.45, 2.75) is 282 Å². The number of hydrogen-bond acceptors (Lipinski definition) is 4. The van der Waals surface area contributed by atoms with E-state index in [1.54, 1.807) is 57.9 Å². The summed E-state index contributed by atoms with van der Waals surface area (Å²) >= 11 is 6.65. The monoisotopic (exact) mass is 988 g/mol. The Morgan fingerprint density at radius 3 is 1.38 bits per heavy atom. The highest BCUT2D eigenvalue weighted by Gasteiger charge is 2.57. The second-order valence-electron chi connectivity index (χ2n) is 22.8. The molecule has 0 spiro atoms. The van der Waals surface area contributed by atoms with Gasteiger partial charge in [0.05, 0.1) is 17.0 Å². The standard InChI is InChI=1S/C65H97NS3/c1-8-14-20-22-24-26-28-30-32-34-36-50-46-56-60(67-50)52-42-48-45-55-53(43-49(48)44-54(52)64(56,38-16-10-3)39-17-11-4)61-58(65(55,40-18-12-5)41-19-13-6)59-63(69-61)62-57(66(59)7)47-51(68-62)37-35-33-31-29-27-25-23-21-15-9-2/h42-47,59,63H,8-41H2,1-7H3. The van der Waals surface area contributed by atoms with Gasteiger partial charge in [-0.15, -0.1) is 34.4 Å². The van der Waals surface area contributed by atoms with Crippen molar-refractivity contribution < 1.29 is 0 Å². The minimum absolute atomic E-state index is 0.125. The minimum atomic E-state index is 0.125. The van der Waals surface area contributed by atoms with E-state index in [9.17, 15) is 0 Å². The predicted molar refractivity (Wildman–Crippen MR) is 313 cm³/mol. The largest absolute Gasteiger partial charge is 0.365 e. The van der Waals surface area contributed by atoms with Crippen molar-refractivity contribution in [3.63, 3.8) is 0 Å². The van der Waals surface area contributed by atoms with Crippen LogP contribution in [0.4, 0.5) is 5.69 Å². The van der Waals surface area contributed by atoms with E-state index in [1.807, 2.05) is 5.57 Å². The summed E-state index contributed by atoms with van der Waals surface area (Å²) in [6.07, 6.45) is 46.2. The Hall–Kier alpha value is -2.01. The van der Waals surface area contributed by atoms with Crippen molar-refractivity contribution in [2.24, 2.45) is 0 Å². The molecule has 0 N–H and O–H groups in total. The van der Waals surface area contributed by atoms with Gasteiger partial charge in [-0.1, -0.05) is 208 Å². The number of anilines is 1. The van der Waals surface area contributed by atoms with Gasteiger partial charge in [0.15, 0.2) is 0 Å². The highest BCUT2D eigenvalue weighted by molar-refractivity contribution is 8.09. The zero-order valence-corrected chi connectivity index (χ0v) is 47.8. The molecule has 0 radical (unpaired) electrons. The predicted octanol–water partition coefficient (Wildman–Crippen LogP) is 22.2. The molecule has 4 aliphatic rings. The summed E-state index contributed by atoms with van der Waals surface area (Å²) in [6.45, 7) is 14.3. The summed E-state index contributed by atoms with van der Waals surface area (Å²) in [4.78, 5) is 11.1. The Balaban J connectivity index is 1.06. The van der Waals surface area contributed by atoms with E-state index in [1.165, 1.54) is 229 Å². The lowest BCUT2D eigenvalue weighted by Crippen LogP contribution is -2.39. The van der Waals surface area contributed by atoms with Gasteiger partial charge in [0.25, 0.3) is 0 Å². The van der Waals surface area contributed by atoms with Crippen LogP contribution in [0.5, 0.6) is 0 Å². The van der Waals surface area contributed by atoms with Crippen LogP contribution < -0.4 is 4.90 Å². The van der Waals surface area contributed by atoms with Gasteiger partial charge in [0, 0.05) is 42.3 Å². The van der Waals surface area contributed by atoms with Crippen molar-refractivity contribution in [1.82, 2.24) is 0 Å². The first-order valence-electron chi connectivity index (χ1n) is 29.9. The molecule has 69 heavy (non-hydrogen) atoms. The molecular formula is C65H97NS3. The zero-order valence-electron chi connectivity index (χ0n) is 45.3. The summed E-state index contributed by atoms with van der Waals surface area (Å²) in [5, 5.41) is 3.54. The van der Waals surface area contributed by atoms with Crippen molar-refractivity contribution >= 4 is 55.8 Å². The van der Waals surface area contributed by atoms with Gasteiger partial charge in [-0.25, -0.2) is 0 Å². The van der Waals surface area contributed by atoms with Gasteiger partial charge in [0.1, 0.15) is 0 Å². The summed E-state index contributed by atoms with van der Waals surface area (Å²) < 4.78 is 0. The van der Waals surface area contributed by atoms with E-state index in [0.29, 0.717) is 11.3 Å². The summed E-state index contributed by atoms with van der Waals surface area (Å²) in [6, 6.07) is 16.9. The molecule has 4 heterocycles. The number of thioether (sulfide) groups is 1. The van der Waals surface area contributed by atoms with Crippen molar-refractivity contribution in [2.75, 3.05) is 11.9 Å². The van der Waals surface area contributed by atoms with Gasteiger partial charge in [-0.2, -0.15) is 0 Å². The third-order valence-electron chi connectivity index (χ3n) is 17.7. The number of unbranched alkanes of at least 4 members (excludes halogenated alkanes) is 22. The topological polar surface area (TPSA) is 3.24 Å². The zero-order chi connectivity index (χ0) is 48.2. The van der Waals surface area contributed by atoms with Crippen LogP contribution in [0.15, 0.2) is 42.0 Å². The molecule has 0 saturated heterocycles. The van der Waals surface area contributed by atoms with Crippen molar-refractivity contribution in [1.29, 1.82) is 0 Å². The Bertz CT molecular complexity index is 2250. The molecule has 2 aromatic carbocycles. The van der Waals surface area contributed by atoms with Crippen LogP contribution in [-0.2, 0) is 23.7 Å². The van der Waals surface area contributed by atoms with Crippen LogP contribution in [0.2, 0.25) is 0 Å². The number of aryl methyl sites for hydroxylation is 2. The maximum Gasteiger partial charge on any atom is 0.0702 e. The molecule has 0 bridgehead atoms. The maximum atomic E-state index is 2.78. The molecule has 2 atom stereocenters. The second kappa shape index (κ2) is 25.8. The van der Waals surface area contributed by atoms with Gasteiger partial charge >= 0.3 is 0 Å².